The van der Waals surface area contributed by atoms with Crippen molar-refractivity contribution < 1.29 is 14.6 Å². The monoisotopic (exact) mass is 239 g/mol. The molecule has 2 N–H and O–H groups in total. The predicted octanol–water partition coefficient (Wildman–Crippen LogP) is 1.53. The molecule has 3 atom stereocenters. The summed E-state index contributed by atoms with van der Waals surface area (Å²) in [5.74, 6) is -0.412. The average molecular weight is 240 g/mol. The van der Waals surface area contributed by atoms with Crippen LogP contribution >= 0.6 is 12.4 Å². The highest BCUT2D eigenvalue weighted by molar-refractivity contribution is 5.85. The van der Waals surface area contributed by atoms with Crippen molar-refractivity contribution in [3.05, 3.63) is 0 Å². The number of carboxylic acid groups (broad SMARTS) is 1. The number of ether oxygens (including phenoxy) is 1. The molecule has 0 bridgehead atoms. The molecule has 3 unspecified atom stereocenters. The van der Waals surface area contributed by atoms with E-state index in [1.54, 1.807) is 7.11 Å². The van der Waals surface area contributed by atoms with Crippen LogP contribution in [-0.4, -0.2) is 37.4 Å². The number of methoxy groups -OCH3 is 1. The first-order valence-corrected chi connectivity index (χ1v) is 4.98. The molecule has 4 nitrogen and oxygen atoms in total. The van der Waals surface area contributed by atoms with Crippen LogP contribution in [0, 0.1) is 5.92 Å². The largest absolute Gasteiger partial charge is 0.481 e. The normalized spacial score (nSPS) is 16.3. The Hall–Kier alpha value is -0.320. The van der Waals surface area contributed by atoms with E-state index in [0.717, 1.165) is 6.42 Å². The standard InChI is InChI=1S/C10H21NO3.ClH/c1-5-7(2)10(11-3)8(14-4)6-9(12)13;/h7-8,10-11H,5-6H2,1-4H3,(H,12,13);1H. The molecule has 15 heavy (non-hydrogen) atoms. The molecule has 0 aromatic heterocycles. The number of rotatable bonds is 7. The van der Waals surface area contributed by atoms with Crippen molar-refractivity contribution in [3.8, 4) is 0 Å². The van der Waals surface area contributed by atoms with Crippen LogP contribution in [0.3, 0.4) is 0 Å². The summed E-state index contributed by atoms with van der Waals surface area (Å²) in [6.45, 7) is 4.18. The van der Waals surface area contributed by atoms with E-state index in [0.29, 0.717) is 5.92 Å². The van der Waals surface area contributed by atoms with Crippen LogP contribution in [-0.2, 0) is 9.53 Å². The Morgan fingerprint density at radius 2 is 2.07 bits per heavy atom. The van der Waals surface area contributed by atoms with E-state index >= 15 is 0 Å². The molecule has 0 fully saturated rings. The van der Waals surface area contributed by atoms with E-state index in [1.165, 1.54) is 0 Å². The summed E-state index contributed by atoms with van der Waals surface area (Å²) in [5, 5.41) is 11.8. The minimum Gasteiger partial charge on any atom is -0.481 e. The minimum absolute atomic E-state index is 0. The van der Waals surface area contributed by atoms with E-state index < -0.39 is 5.97 Å². The average Bonchev–Trinajstić information content (AvgIpc) is 2.16. The molecule has 0 saturated carbocycles. The first-order chi connectivity index (χ1) is 6.56. The third kappa shape index (κ3) is 5.97. The molecule has 0 spiro atoms. The predicted molar refractivity (Wildman–Crippen MR) is 62.6 cm³/mol. The zero-order valence-corrected chi connectivity index (χ0v) is 10.6. The topological polar surface area (TPSA) is 58.6 Å². The van der Waals surface area contributed by atoms with Gasteiger partial charge < -0.3 is 15.2 Å². The second kappa shape index (κ2) is 8.95. The maximum absolute atomic E-state index is 10.6. The van der Waals surface area contributed by atoms with Crippen molar-refractivity contribution >= 4 is 18.4 Å². The molecule has 0 amide bonds. The second-order valence-electron chi connectivity index (χ2n) is 3.57. The zero-order valence-electron chi connectivity index (χ0n) is 9.82. The van der Waals surface area contributed by atoms with Crippen molar-refractivity contribution in [1.29, 1.82) is 0 Å². The van der Waals surface area contributed by atoms with Crippen molar-refractivity contribution in [1.82, 2.24) is 5.32 Å². The zero-order chi connectivity index (χ0) is 11.1. The van der Waals surface area contributed by atoms with Gasteiger partial charge in [-0.05, 0) is 13.0 Å². The summed E-state index contributed by atoms with van der Waals surface area (Å²) >= 11 is 0. The number of nitrogens with one attached hydrogen (secondary N) is 1. The van der Waals surface area contributed by atoms with Crippen LogP contribution in [0.5, 0.6) is 0 Å². The fourth-order valence-corrected chi connectivity index (χ4v) is 1.62. The number of hydrogen-bond donors (Lipinski definition) is 2. The fraction of sp³-hybridized carbons (Fsp3) is 0.900. The Labute approximate surface area is 97.8 Å². The van der Waals surface area contributed by atoms with E-state index in [-0.39, 0.29) is 31.0 Å². The third-order valence-corrected chi connectivity index (χ3v) is 2.67. The Morgan fingerprint density at radius 1 is 1.53 bits per heavy atom. The molecule has 0 aliphatic rings. The smallest absolute Gasteiger partial charge is 0.306 e. The lowest BCUT2D eigenvalue weighted by atomic mass is 9.93. The molecule has 0 aliphatic heterocycles. The molecule has 0 aliphatic carbocycles. The molecule has 0 aromatic carbocycles. The van der Waals surface area contributed by atoms with Gasteiger partial charge in [-0.1, -0.05) is 20.3 Å². The van der Waals surface area contributed by atoms with E-state index in [1.807, 2.05) is 7.05 Å². The summed E-state index contributed by atoms with van der Waals surface area (Å²) < 4.78 is 5.19. The molecule has 92 valence electrons. The van der Waals surface area contributed by atoms with Gasteiger partial charge >= 0.3 is 5.97 Å². The van der Waals surface area contributed by atoms with Gasteiger partial charge in [0.2, 0.25) is 0 Å². The highest BCUT2D eigenvalue weighted by Gasteiger charge is 2.26. The van der Waals surface area contributed by atoms with Gasteiger partial charge in [-0.3, -0.25) is 4.79 Å². The van der Waals surface area contributed by atoms with Gasteiger partial charge in [-0.2, -0.15) is 0 Å². The number of carboxylic acids is 1. The lowest BCUT2D eigenvalue weighted by molar-refractivity contribution is -0.140. The molecule has 0 heterocycles. The summed E-state index contributed by atoms with van der Waals surface area (Å²) in [7, 11) is 3.39. The minimum atomic E-state index is -0.819. The molecular formula is C10H22ClNO3. The Kier molecular flexibility index (Phi) is 10.2. The fourth-order valence-electron chi connectivity index (χ4n) is 1.62. The summed E-state index contributed by atoms with van der Waals surface area (Å²) in [6, 6.07) is 0.0982. The van der Waals surface area contributed by atoms with Crippen molar-refractivity contribution in [2.75, 3.05) is 14.2 Å². The first kappa shape index (κ1) is 17.1. The number of hydrogen-bond acceptors (Lipinski definition) is 3. The summed E-state index contributed by atoms with van der Waals surface area (Å²) in [5.41, 5.74) is 0. The van der Waals surface area contributed by atoms with Crippen LogP contribution in [0.2, 0.25) is 0 Å². The molecular weight excluding hydrogens is 218 g/mol. The van der Waals surface area contributed by atoms with Gasteiger partial charge in [0, 0.05) is 13.2 Å². The van der Waals surface area contributed by atoms with Gasteiger partial charge in [0.25, 0.3) is 0 Å². The Balaban J connectivity index is 0. The molecule has 0 radical (unpaired) electrons. The quantitative estimate of drug-likeness (QED) is 0.708. The first-order valence-electron chi connectivity index (χ1n) is 4.98. The van der Waals surface area contributed by atoms with Gasteiger partial charge in [0.1, 0.15) is 0 Å². The van der Waals surface area contributed by atoms with Gasteiger partial charge in [-0.15, -0.1) is 12.4 Å². The Morgan fingerprint density at radius 3 is 2.33 bits per heavy atom. The molecule has 0 rings (SSSR count). The number of aliphatic carboxylic acids is 1. The van der Waals surface area contributed by atoms with Crippen LogP contribution in [0.4, 0.5) is 0 Å². The SMILES string of the molecule is CCC(C)C(NC)C(CC(=O)O)OC.Cl. The van der Waals surface area contributed by atoms with Crippen LogP contribution in [0.15, 0.2) is 0 Å². The summed E-state index contributed by atoms with van der Waals surface area (Å²) in [4.78, 5) is 10.6. The van der Waals surface area contributed by atoms with Crippen LogP contribution in [0.1, 0.15) is 26.7 Å². The van der Waals surface area contributed by atoms with E-state index in [2.05, 4.69) is 19.2 Å². The molecule has 5 heteroatoms. The maximum atomic E-state index is 10.6. The maximum Gasteiger partial charge on any atom is 0.306 e. The third-order valence-electron chi connectivity index (χ3n) is 2.67. The molecule has 0 saturated heterocycles. The van der Waals surface area contributed by atoms with Gasteiger partial charge in [0.05, 0.1) is 12.5 Å². The second-order valence-corrected chi connectivity index (χ2v) is 3.57. The van der Waals surface area contributed by atoms with Crippen LogP contribution < -0.4 is 5.32 Å². The van der Waals surface area contributed by atoms with Crippen LogP contribution in [0.25, 0.3) is 0 Å². The number of likely N-dealkylation sites (N-methyl/N-ethyl adjacent to an activating group) is 1. The number of carbonyl (C=O) groups is 1. The van der Waals surface area contributed by atoms with Crippen molar-refractivity contribution in [2.24, 2.45) is 5.92 Å². The summed E-state index contributed by atoms with van der Waals surface area (Å²) in [6.07, 6.45) is 0.796. The highest BCUT2D eigenvalue weighted by Crippen LogP contribution is 2.15. The highest BCUT2D eigenvalue weighted by atomic mass is 35.5. The Bertz CT molecular complexity index is 178. The van der Waals surface area contributed by atoms with E-state index in [4.69, 9.17) is 9.84 Å². The van der Waals surface area contributed by atoms with E-state index in [9.17, 15) is 4.79 Å². The number of halogens is 1. The van der Waals surface area contributed by atoms with Crippen molar-refractivity contribution in [2.45, 2.75) is 38.8 Å². The van der Waals surface area contributed by atoms with Crippen molar-refractivity contribution in [3.63, 3.8) is 0 Å². The van der Waals surface area contributed by atoms with Gasteiger partial charge in [0.15, 0.2) is 0 Å². The molecule has 0 aromatic rings. The lowest BCUT2D eigenvalue weighted by Crippen LogP contribution is -2.44. The van der Waals surface area contributed by atoms with Gasteiger partial charge in [-0.25, -0.2) is 0 Å². The lowest BCUT2D eigenvalue weighted by Gasteiger charge is -2.29.